The number of carboxylic acid groups (broad SMARTS) is 1. The van der Waals surface area contributed by atoms with E-state index < -0.39 is 23.8 Å². The van der Waals surface area contributed by atoms with Crippen molar-refractivity contribution in [1.29, 1.82) is 0 Å². The maximum Gasteiger partial charge on any atom is 0.414 e. The van der Waals surface area contributed by atoms with Crippen molar-refractivity contribution in [2.45, 2.75) is 32.4 Å². The van der Waals surface area contributed by atoms with E-state index in [-0.39, 0.29) is 6.54 Å². The van der Waals surface area contributed by atoms with E-state index in [1.54, 1.807) is 4.90 Å². The molecule has 0 bridgehead atoms. The predicted octanol–water partition coefficient (Wildman–Crippen LogP) is 3.34. The fraction of sp³-hybridized carbons (Fsp3) is 0.579. The molecule has 2 saturated heterocycles. The van der Waals surface area contributed by atoms with Crippen LogP contribution in [0.4, 0.5) is 21.0 Å². The van der Waals surface area contributed by atoms with Crippen LogP contribution in [-0.4, -0.2) is 71.5 Å². The van der Waals surface area contributed by atoms with E-state index in [1.165, 1.54) is 4.90 Å². The van der Waals surface area contributed by atoms with Crippen molar-refractivity contribution in [1.82, 2.24) is 4.90 Å². The summed E-state index contributed by atoms with van der Waals surface area (Å²) < 4.78 is 5.42. The lowest BCUT2D eigenvalue weighted by molar-refractivity contribution is 0.0605. The van der Waals surface area contributed by atoms with E-state index in [2.05, 4.69) is 4.90 Å². The van der Waals surface area contributed by atoms with Gasteiger partial charge in [0.25, 0.3) is 0 Å². The Hall–Kier alpha value is -2.09. The van der Waals surface area contributed by atoms with Crippen LogP contribution in [0.3, 0.4) is 0 Å². The van der Waals surface area contributed by atoms with Gasteiger partial charge in [0.05, 0.1) is 13.1 Å². The summed E-state index contributed by atoms with van der Waals surface area (Å²) in [6.45, 7) is 8.06. The van der Waals surface area contributed by atoms with Crippen molar-refractivity contribution in [3.8, 4) is 0 Å². The number of carbonyl (C=O) groups is 2. The molecule has 3 rings (SSSR count). The lowest BCUT2D eigenvalue weighted by atomic mass is 10.1. The number of thioether (sulfide) groups is 1. The van der Waals surface area contributed by atoms with Crippen molar-refractivity contribution in [3.63, 3.8) is 0 Å². The molecule has 1 atom stereocenters. The molecule has 7 nitrogen and oxygen atoms in total. The first-order chi connectivity index (χ1) is 12.8. The Kier molecular flexibility index (Phi) is 5.74. The Balaban J connectivity index is 1.65. The van der Waals surface area contributed by atoms with Gasteiger partial charge in [0.15, 0.2) is 0 Å². The van der Waals surface area contributed by atoms with Crippen molar-refractivity contribution >= 4 is 35.3 Å². The zero-order chi connectivity index (χ0) is 19.6. The minimum Gasteiger partial charge on any atom is -0.465 e. The number of amides is 2. The van der Waals surface area contributed by atoms with E-state index >= 15 is 0 Å². The number of hydrogen-bond donors (Lipinski definition) is 1. The van der Waals surface area contributed by atoms with Crippen LogP contribution < -0.4 is 9.80 Å². The third-order valence-electron chi connectivity index (χ3n) is 4.84. The second-order valence-corrected chi connectivity index (χ2v) is 9.02. The number of benzene rings is 1. The molecule has 8 heteroatoms. The monoisotopic (exact) mass is 393 g/mol. The molecule has 148 valence electrons. The zero-order valence-electron chi connectivity index (χ0n) is 16.1. The maximum atomic E-state index is 12.3. The van der Waals surface area contributed by atoms with Crippen molar-refractivity contribution in [2.75, 3.05) is 47.5 Å². The highest BCUT2D eigenvalue weighted by Gasteiger charge is 2.37. The highest BCUT2D eigenvalue weighted by molar-refractivity contribution is 7.99. The molecule has 2 amide bonds. The Labute approximate surface area is 164 Å². The van der Waals surface area contributed by atoms with E-state index in [0.29, 0.717) is 6.54 Å². The Morgan fingerprint density at radius 3 is 2.37 bits per heavy atom. The standard InChI is InChI=1S/C19H27N3O4S/c1-19(2,3)22(17(23)24)13-16-12-21(18(25)26-16)15-6-4-14(5-7-15)20-8-10-27-11-9-20/h4-7,16H,8-13H2,1-3H3,(H,23,24)/t16-/m0/s1. The van der Waals surface area contributed by atoms with Crippen LogP contribution in [0, 0.1) is 0 Å². The average Bonchev–Trinajstić information content (AvgIpc) is 3.00. The van der Waals surface area contributed by atoms with Crippen LogP contribution in [0.25, 0.3) is 0 Å². The molecule has 0 aliphatic carbocycles. The molecule has 2 aliphatic rings. The molecule has 0 unspecified atom stereocenters. The summed E-state index contributed by atoms with van der Waals surface area (Å²) in [5.74, 6) is 2.27. The summed E-state index contributed by atoms with van der Waals surface area (Å²) in [7, 11) is 0. The van der Waals surface area contributed by atoms with Crippen LogP contribution in [-0.2, 0) is 4.74 Å². The molecule has 2 heterocycles. The van der Waals surface area contributed by atoms with Gasteiger partial charge in [-0.3, -0.25) is 9.80 Å². The lowest BCUT2D eigenvalue weighted by Gasteiger charge is -2.34. The molecule has 0 spiro atoms. The second-order valence-electron chi connectivity index (χ2n) is 7.80. The van der Waals surface area contributed by atoms with Crippen molar-refractivity contribution in [2.24, 2.45) is 0 Å². The highest BCUT2D eigenvalue weighted by Crippen LogP contribution is 2.27. The minimum absolute atomic E-state index is 0.157. The smallest absolute Gasteiger partial charge is 0.414 e. The lowest BCUT2D eigenvalue weighted by Crippen LogP contribution is -2.49. The zero-order valence-corrected chi connectivity index (χ0v) is 16.9. The number of anilines is 2. The molecule has 0 saturated carbocycles. The number of ether oxygens (including phenoxy) is 1. The first-order valence-corrected chi connectivity index (χ1v) is 10.3. The molecule has 0 aromatic heterocycles. The maximum absolute atomic E-state index is 12.3. The third kappa shape index (κ3) is 4.61. The molecule has 1 N–H and O–H groups in total. The quantitative estimate of drug-likeness (QED) is 0.846. The SMILES string of the molecule is CC(C)(C)N(C[C@@H]1CN(c2ccc(N3CCSCC3)cc2)C(=O)O1)C(=O)O. The van der Waals surface area contributed by atoms with Gasteiger partial charge < -0.3 is 14.7 Å². The second kappa shape index (κ2) is 7.88. The molecule has 2 fully saturated rings. The molecule has 2 aliphatic heterocycles. The van der Waals surface area contributed by atoms with Gasteiger partial charge in [-0.1, -0.05) is 0 Å². The molecular formula is C19H27N3O4S. The summed E-state index contributed by atoms with van der Waals surface area (Å²) in [5.41, 5.74) is 1.38. The summed E-state index contributed by atoms with van der Waals surface area (Å²) in [5, 5.41) is 9.44. The van der Waals surface area contributed by atoms with Gasteiger partial charge in [-0.15, -0.1) is 0 Å². The Morgan fingerprint density at radius 1 is 1.22 bits per heavy atom. The average molecular weight is 394 g/mol. The van der Waals surface area contributed by atoms with Crippen LogP contribution in [0.15, 0.2) is 24.3 Å². The summed E-state index contributed by atoms with van der Waals surface area (Å²) in [4.78, 5) is 29.0. The van der Waals surface area contributed by atoms with Crippen molar-refractivity contribution < 1.29 is 19.4 Å². The Morgan fingerprint density at radius 2 is 1.81 bits per heavy atom. The summed E-state index contributed by atoms with van der Waals surface area (Å²) in [6, 6.07) is 7.92. The Bertz CT molecular complexity index is 683. The third-order valence-corrected chi connectivity index (χ3v) is 5.78. The minimum atomic E-state index is -1.01. The van der Waals surface area contributed by atoms with E-state index in [4.69, 9.17) is 4.74 Å². The molecule has 1 aromatic rings. The van der Waals surface area contributed by atoms with Crippen LogP contribution in [0.2, 0.25) is 0 Å². The van der Waals surface area contributed by atoms with Gasteiger partial charge in [0.2, 0.25) is 0 Å². The van der Waals surface area contributed by atoms with Gasteiger partial charge in [-0.2, -0.15) is 11.8 Å². The van der Waals surface area contributed by atoms with Gasteiger partial charge in [0.1, 0.15) is 6.10 Å². The van der Waals surface area contributed by atoms with Gasteiger partial charge in [-0.25, -0.2) is 9.59 Å². The van der Waals surface area contributed by atoms with Gasteiger partial charge in [0, 0.05) is 41.5 Å². The van der Waals surface area contributed by atoms with Crippen LogP contribution >= 0.6 is 11.8 Å². The van der Waals surface area contributed by atoms with Crippen LogP contribution in [0.1, 0.15) is 20.8 Å². The van der Waals surface area contributed by atoms with E-state index in [1.807, 2.05) is 56.8 Å². The number of hydrogen-bond acceptors (Lipinski definition) is 5. The topological polar surface area (TPSA) is 73.3 Å². The molecular weight excluding hydrogens is 366 g/mol. The molecule has 0 radical (unpaired) electrons. The summed E-state index contributed by atoms with van der Waals surface area (Å²) >= 11 is 1.97. The molecule has 1 aromatic carbocycles. The van der Waals surface area contributed by atoms with E-state index in [9.17, 15) is 14.7 Å². The number of carbonyl (C=O) groups excluding carboxylic acids is 1. The largest absolute Gasteiger partial charge is 0.465 e. The first kappa shape index (κ1) is 19.7. The number of cyclic esters (lactones) is 1. The summed E-state index contributed by atoms with van der Waals surface area (Å²) in [6.07, 6.45) is -1.92. The normalized spacial score (nSPS) is 20.6. The fourth-order valence-corrected chi connectivity index (χ4v) is 4.24. The fourth-order valence-electron chi connectivity index (χ4n) is 3.33. The van der Waals surface area contributed by atoms with Crippen molar-refractivity contribution in [3.05, 3.63) is 24.3 Å². The van der Waals surface area contributed by atoms with Crippen LogP contribution in [0.5, 0.6) is 0 Å². The van der Waals surface area contributed by atoms with Gasteiger partial charge >= 0.3 is 12.2 Å². The van der Waals surface area contributed by atoms with E-state index in [0.717, 1.165) is 36.0 Å². The number of nitrogens with zero attached hydrogens (tertiary/aromatic N) is 3. The molecule has 27 heavy (non-hydrogen) atoms. The first-order valence-electron chi connectivity index (χ1n) is 9.17. The predicted molar refractivity (Wildman–Crippen MR) is 108 cm³/mol. The van der Waals surface area contributed by atoms with Gasteiger partial charge in [-0.05, 0) is 45.0 Å². The number of rotatable bonds is 4. The highest BCUT2D eigenvalue weighted by atomic mass is 32.2.